The Hall–Kier alpha value is -2.64. The molecule has 1 amide bonds. The Kier molecular flexibility index (Phi) is 5.85. The van der Waals surface area contributed by atoms with Crippen molar-refractivity contribution in [3.05, 3.63) is 18.2 Å². The molecule has 4 N–H and O–H groups in total. The van der Waals surface area contributed by atoms with Gasteiger partial charge in [0.25, 0.3) is 11.8 Å². The van der Waals surface area contributed by atoms with Crippen LogP contribution in [-0.2, 0) is 9.59 Å². The summed E-state index contributed by atoms with van der Waals surface area (Å²) in [5.74, 6) is -3.12. The number of aromatic nitrogens is 1. The summed E-state index contributed by atoms with van der Waals surface area (Å²) in [6.45, 7) is 5.14. The van der Waals surface area contributed by atoms with Gasteiger partial charge in [-0.3, -0.25) is 9.59 Å². The SMILES string of the molecule is C=C(C)C(=O)N(CCCCCC(=O)O)n1c(O)cc(O)c1O. The second-order valence-electron chi connectivity index (χ2n) is 4.94. The molecule has 0 bridgehead atoms. The Bertz CT molecular complexity index is 578. The second kappa shape index (κ2) is 7.39. The Morgan fingerprint density at radius 1 is 1.23 bits per heavy atom. The lowest BCUT2D eigenvalue weighted by molar-refractivity contribution is -0.137. The van der Waals surface area contributed by atoms with Gasteiger partial charge in [0.1, 0.15) is 0 Å². The first-order valence-electron chi connectivity index (χ1n) is 6.77. The smallest absolute Gasteiger partial charge is 0.303 e. The van der Waals surface area contributed by atoms with E-state index in [1.165, 1.54) is 6.92 Å². The largest absolute Gasteiger partial charge is 0.503 e. The molecule has 1 aromatic rings. The monoisotopic (exact) mass is 312 g/mol. The maximum Gasteiger partial charge on any atom is 0.303 e. The van der Waals surface area contributed by atoms with E-state index in [-0.39, 0.29) is 18.5 Å². The summed E-state index contributed by atoms with van der Waals surface area (Å²) in [4.78, 5) is 22.6. The first-order valence-corrected chi connectivity index (χ1v) is 6.77. The summed E-state index contributed by atoms with van der Waals surface area (Å²) < 4.78 is 0.795. The van der Waals surface area contributed by atoms with Gasteiger partial charge >= 0.3 is 5.97 Å². The van der Waals surface area contributed by atoms with Crippen molar-refractivity contribution in [2.45, 2.75) is 32.6 Å². The lowest BCUT2D eigenvalue weighted by atomic mass is 10.2. The summed E-state index contributed by atoms with van der Waals surface area (Å²) in [6.07, 6.45) is 1.51. The number of unbranched alkanes of at least 4 members (excludes halogenated alkanes) is 2. The summed E-state index contributed by atoms with van der Waals surface area (Å²) in [5, 5.41) is 38.5. The standard InChI is InChI=1S/C14H20N2O6/c1-9(2)13(21)15(7-5-3-4-6-12(19)20)16-11(18)8-10(17)14(16)22/h8,17-18,22H,1,3-7H2,2H3,(H,19,20). The molecule has 0 aliphatic carbocycles. The van der Waals surface area contributed by atoms with Crippen LogP contribution >= 0.6 is 0 Å². The van der Waals surface area contributed by atoms with Gasteiger partial charge < -0.3 is 20.4 Å². The molecule has 22 heavy (non-hydrogen) atoms. The topological polar surface area (TPSA) is 123 Å². The van der Waals surface area contributed by atoms with Gasteiger partial charge in [0, 0.05) is 24.6 Å². The van der Waals surface area contributed by atoms with Crippen molar-refractivity contribution in [2.75, 3.05) is 11.6 Å². The third kappa shape index (κ3) is 4.18. The molecule has 8 nitrogen and oxygen atoms in total. The van der Waals surface area contributed by atoms with Crippen molar-refractivity contribution in [1.82, 2.24) is 4.68 Å². The van der Waals surface area contributed by atoms with Crippen molar-refractivity contribution in [1.29, 1.82) is 0 Å². The molecule has 0 aliphatic rings. The van der Waals surface area contributed by atoms with Crippen molar-refractivity contribution in [3.8, 4) is 17.5 Å². The van der Waals surface area contributed by atoms with Crippen LogP contribution in [0.1, 0.15) is 32.6 Å². The van der Waals surface area contributed by atoms with E-state index in [1.54, 1.807) is 0 Å². The maximum absolute atomic E-state index is 12.1. The molecular weight excluding hydrogens is 292 g/mol. The Morgan fingerprint density at radius 3 is 2.32 bits per heavy atom. The van der Waals surface area contributed by atoms with E-state index < -0.39 is 29.4 Å². The van der Waals surface area contributed by atoms with Crippen molar-refractivity contribution in [2.24, 2.45) is 0 Å². The average molecular weight is 312 g/mol. The van der Waals surface area contributed by atoms with E-state index in [0.717, 1.165) is 15.8 Å². The van der Waals surface area contributed by atoms with E-state index in [1.807, 2.05) is 0 Å². The molecule has 1 heterocycles. The first-order chi connectivity index (χ1) is 10.3. The predicted molar refractivity (Wildman–Crippen MR) is 78.4 cm³/mol. The maximum atomic E-state index is 12.1. The number of aromatic hydroxyl groups is 3. The van der Waals surface area contributed by atoms with Crippen molar-refractivity contribution in [3.63, 3.8) is 0 Å². The van der Waals surface area contributed by atoms with E-state index in [2.05, 4.69) is 6.58 Å². The summed E-state index contributed by atoms with van der Waals surface area (Å²) in [7, 11) is 0. The van der Waals surface area contributed by atoms with Gasteiger partial charge in [-0.25, -0.2) is 5.01 Å². The molecular formula is C14H20N2O6. The van der Waals surface area contributed by atoms with Crippen LogP contribution in [0.2, 0.25) is 0 Å². The van der Waals surface area contributed by atoms with E-state index in [9.17, 15) is 24.9 Å². The van der Waals surface area contributed by atoms with Crippen LogP contribution in [0, 0.1) is 0 Å². The number of carboxylic acid groups (broad SMARTS) is 1. The summed E-state index contributed by atoms with van der Waals surface area (Å²) in [5.41, 5.74) is 0.192. The number of hydrogen-bond acceptors (Lipinski definition) is 5. The number of carbonyl (C=O) groups is 2. The normalized spacial score (nSPS) is 10.4. The lowest BCUT2D eigenvalue weighted by Crippen LogP contribution is -2.41. The zero-order chi connectivity index (χ0) is 16.9. The van der Waals surface area contributed by atoms with E-state index in [4.69, 9.17) is 5.11 Å². The molecule has 0 atom stereocenters. The van der Waals surface area contributed by atoms with Gasteiger partial charge in [-0.2, -0.15) is 4.68 Å². The molecule has 0 aliphatic heterocycles. The first kappa shape index (κ1) is 17.4. The fourth-order valence-electron chi connectivity index (χ4n) is 1.93. The van der Waals surface area contributed by atoms with Crippen LogP contribution in [0.25, 0.3) is 0 Å². The number of carbonyl (C=O) groups excluding carboxylic acids is 1. The highest BCUT2D eigenvalue weighted by Gasteiger charge is 2.24. The molecule has 0 spiro atoms. The second-order valence-corrected chi connectivity index (χ2v) is 4.94. The van der Waals surface area contributed by atoms with Crippen LogP contribution in [-0.4, -0.2) is 43.5 Å². The van der Waals surface area contributed by atoms with Gasteiger partial charge in [-0.15, -0.1) is 0 Å². The number of amides is 1. The molecule has 0 radical (unpaired) electrons. The molecule has 0 saturated heterocycles. The fourth-order valence-corrected chi connectivity index (χ4v) is 1.93. The highest BCUT2D eigenvalue weighted by atomic mass is 16.4. The number of carboxylic acids is 1. The predicted octanol–water partition coefficient (Wildman–Crippen LogP) is 1.29. The zero-order valence-corrected chi connectivity index (χ0v) is 12.3. The molecule has 122 valence electrons. The molecule has 1 rings (SSSR count). The number of hydrogen-bond donors (Lipinski definition) is 4. The Morgan fingerprint density at radius 2 is 1.86 bits per heavy atom. The summed E-state index contributed by atoms with van der Waals surface area (Å²) >= 11 is 0. The Balaban J connectivity index is 2.84. The minimum atomic E-state index is -0.888. The average Bonchev–Trinajstić information content (AvgIpc) is 2.67. The van der Waals surface area contributed by atoms with E-state index >= 15 is 0 Å². The number of nitrogens with zero attached hydrogens (tertiary/aromatic N) is 2. The van der Waals surface area contributed by atoms with Crippen molar-refractivity contribution >= 4 is 11.9 Å². The van der Waals surface area contributed by atoms with Gasteiger partial charge in [0.15, 0.2) is 5.75 Å². The molecule has 0 fully saturated rings. The third-order valence-corrected chi connectivity index (χ3v) is 3.01. The molecule has 1 aromatic heterocycles. The number of rotatable bonds is 8. The van der Waals surface area contributed by atoms with Crippen LogP contribution in [0.5, 0.6) is 17.5 Å². The van der Waals surface area contributed by atoms with Gasteiger partial charge in [-0.05, 0) is 19.8 Å². The molecule has 0 saturated carbocycles. The highest BCUT2D eigenvalue weighted by Crippen LogP contribution is 2.33. The van der Waals surface area contributed by atoms with Crippen molar-refractivity contribution < 1.29 is 30.0 Å². The third-order valence-electron chi connectivity index (χ3n) is 3.01. The Labute approximate surface area is 127 Å². The van der Waals surface area contributed by atoms with Crippen LogP contribution < -0.4 is 5.01 Å². The minimum Gasteiger partial charge on any atom is -0.503 e. The van der Waals surface area contributed by atoms with Crippen LogP contribution in [0.15, 0.2) is 18.2 Å². The van der Waals surface area contributed by atoms with Gasteiger partial charge in [0.2, 0.25) is 5.88 Å². The van der Waals surface area contributed by atoms with Crippen LogP contribution in [0.3, 0.4) is 0 Å². The highest BCUT2D eigenvalue weighted by molar-refractivity contribution is 6.00. The fraction of sp³-hybridized carbons (Fsp3) is 0.429. The molecule has 0 aromatic carbocycles. The number of aliphatic carboxylic acids is 1. The lowest BCUT2D eigenvalue weighted by Gasteiger charge is -2.25. The molecule has 8 heteroatoms. The molecule has 0 unspecified atom stereocenters. The zero-order valence-electron chi connectivity index (χ0n) is 12.3. The van der Waals surface area contributed by atoms with Crippen LogP contribution in [0.4, 0.5) is 0 Å². The van der Waals surface area contributed by atoms with E-state index in [0.29, 0.717) is 19.3 Å². The minimum absolute atomic E-state index is 0.0369. The van der Waals surface area contributed by atoms with Gasteiger partial charge in [-0.1, -0.05) is 13.0 Å². The quantitative estimate of drug-likeness (QED) is 0.423. The van der Waals surface area contributed by atoms with Gasteiger partial charge in [0.05, 0.1) is 0 Å². The summed E-state index contributed by atoms with van der Waals surface area (Å²) in [6, 6.07) is 0.915.